The molecule has 770 valence electrons. The number of carbonyl (C=O) groups excluding carboxylic acids is 9. The van der Waals surface area contributed by atoms with Crippen molar-refractivity contribution in [3.05, 3.63) is 295 Å². The summed E-state index contributed by atoms with van der Waals surface area (Å²) in [6, 6.07) is 59.0. The molecule has 0 saturated heterocycles. The number of benzene rings is 7. The van der Waals surface area contributed by atoms with Crippen molar-refractivity contribution < 1.29 is 95.8 Å². The van der Waals surface area contributed by atoms with Crippen molar-refractivity contribution in [1.82, 2.24) is 39.1 Å². The second-order valence-electron chi connectivity index (χ2n) is 38.8. The van der Waals surface area contributed by atoms with Crippen LogP contribution in [0, 0.1) is 43.4 Å². The van der Waals surface area contributed by atoms with Crippen molar-refractivity contribution in [3.63, 3.8) is 0 Å². The molecule has 1 saturated carbocycles. The van der Waals surface area contributed by atoms with Crippen molar-refractivity contribution >= 4 is 75.3 Å². The summed E-state index contributed by atoms with van der Waals surface area (Å²) in [5.74, 6) is -4.39. The van der Waals surface area contributed by atoms with Crippen LogP contribution in [0.4, 0.5) is 75.4 Å². The van der Waals surface area contributed by atoms with E-state index in [1.165, 1.54) is 46.8 Å². The predicted octanol–water partition coefficient (Wildman–Crippen LogP) is 22.6. The zero-order valence-electron chi connectivity index (χ0n) is 82.8. The van der Waals surface area contributed by atoms with Crippen LogP contribution in [0.25, 0.3) is 0 Å². The molecule has 0 bridgehead atoms. The highest BCUT2D eigenvalue weighted by atomic mass is 19.4. The number of aromatic nitrogens is 8. The minimum Gasteiger partial charge on any atom is -0.315 e. The lowest BCUT2D eigenvalue weighted by atomic mass is 9.81. The lowest BCUT2D eigenvalue weighted by molar-refractivity contribution is -0.143. The van der Waals surface area contributed by atoms with Gasteiger partial charge in [-0.05, 0) is 226 Å². The molecular weight excluding hydrogens is 1890 g/mol. The number of rotatable bonds is 33. The van der Waals surface area contributed by atoms with Gasteiger partial charge in [0.05, 0.1) is 26.2 Å². The van der Waals surface area contributed by atoms with Gasteiger partial charge in [-0.15, -0.1) is 0 Å². The molecule has 1 fully saturated rings. The minimum atomic E-state index is -4.59. The van der Waals surface area contributed by atoms with E-state index in [4.69, 9.17) is 0 Å². The van der Waals surface area contributed by atoms with E-state index in [0.29, 0.717) is 141 Å². The SMILES string of the molecule is CC(=O)c1cccc(CC(CC(=O)Cn2nc(C(F)(F)F)c3c2CCCC3)C(=O)N(C)c2ccccc2)c1.CN(C(=O)C(CC(=O)Cn1nc(C(F)(F)F)c2c1CCCC2)CC1CCCCC1)c1ccccc1.Cc1cccc(CC(CC(=O)Cn2nc(C(F)(F)F)c3c2CCCC3)C(=O)N(C)c2ccccc2)c1.Cc1cccc(CC(CC(=O)Cn2nc(C(F)(F)F)c3c2CCCC3)C(=O)N(C)c2ccccc2)c1. The molecule has 0 radical (unpaired) electrons. The van der Waals surface area contributed by atoms with E-state index in [9.17, 15) is 95.8 Å². The van der Waals surface area contributed by atoms with Crippen molar-refractivity contribution in [1.29, 1.82) is 0 Å². The molecule has 21 nitrogen and oxygen atoms in total. The number of nitrogens with zero attached hydrogens (tertiary/aromatic N) is 12. The third-order valence-electron chi connectivity index (χ3n) is 27.9. The highest BCUT2D eigenvalue weighted by Gasteiger charge is 2.45. The molecule has 4 heterocycles. The normalized spacial score (nSPS) is 15.0. The molecule has 33 heteroatoms. The monoisotopic (exact) mass is 2010 g/mol. The van der Waals surface area contributed by atoms with Crippen molar-refractivity contribution in [2.24, 2.45) is 29.6 Å². The average Bonchev–Trinajstić information content (AvgIpc) is 1.64. The van der Waals surface area contributed by atoms with Gasteiger partial charge in [-0.2, -0.15) is 73.1 Å². The van der Waals surface area contributed by atoms with Crippen LogP contribution in [0.2, 0.25) is 0 Å². The summed E-state index contributed by atoms with van der Waals surface area (Å²) in [7, 11) is 6.69. The molecule has 145 heavy (non-hydrogen) atoms. The van der Waals surface area contributed by atoms with Crippen LogP contribution >= 0.6 is 0 Å². The molecule has 5 aliphatic rings. The molecule has 7 aromatic carbocycles. The standard InChI is InChI=1S/C29H30F3N3O3.2C28H30F3N3O2.C27H34F3N3O2/c1-19(36)21-10-8-9-20(15-21)16-22(28(38)34(2)23-11-4-3-5-12-23)17-24(37)18-35-26-14-7-6-13-25(26)27(33-35)29(30,31)32;2*1-19-9-8-10-20(15-19)16-21(27(36)33(2)22-11-4-3-5-12-22)17-23(35)18-34-25-14-7-6-13-24(25)26(32-34)28(29,30)31;1-32(21-12-6-3-7-13-21)26(35)20(16-19-10-4-2-5-11-19)17-22(34)18-33-24-15-9-8-14-23(24)25(31-33)27(28,29)30/h3-5,8-12,15,22H,6-7,13-14,16-18H2,1-2H3;2*3-5,8-12,15,21H,6-7,13-14,16-18H2,1-2H3;3,6-7,12-13,19-20H,2,4-5,8-11,14-18H2,1H3. The molecular formula is C112H124F12N12O9. The van der Waals surface area contributed by atoms with Gasteiger partial charge in [-0.1, -0.05) is 183 Å². The van der Waals surface area contributed by atoms with Crippen molar-refractivity contribution in [3.8, 4) is 0 Å². The van der Waals surface area contributed by atoms with Gasteiger partial charge in [0.25, 0.3) is 0 Å². The largest absolute Gasteiger partial charge is 0.435 e. The number of anilines is 4. The van der Waals surface area contributed by atoms with Crippen LogP contribution in [0.5, 0.6) is 0 Å². The van der Waals surface area contributed by atoms with Crippen molar-refractivity contribution in [2.75, 3.05) is 47.8 Å². The quantitative estimate of drug-likeness (QED) is 0.0275. The Morgan fingerprint density at radius 2 is 0.559 bits per heavy atom. The molecule has 0 aliphatic heterocycles. The van der Waals surface area contributed by atoms with E-state index in [1.54, 1.807) is 81.6 Å². The Bertz CT molecular complexity index is 6150. The Morgan fingerprint density at radius 3 is 0.821 bits per heavy atom. The Hall–Kier alpha value is -13.2. The van der Waals surface area contributed by atoms with E-state index in [0.717, 1.165) is 84.9 Å². The number of hydrogen-bond acceptors (Lipinski definition) is 13. The van der Waals surface area contributed by atoms with Gasteiger partial charge in [-0.25, -0.2) is 0 Å². The molecule has 0 N–H and O–H groups in total. The second kappa shape index (κ2) is 49.1. The molecule has 0 spiro atoms. The smallest absolute Gasteiger partial charge is 0.315 e. The number of aryl methyl sites for hydroxylation is 2. The number of ketones is 5. The summed E-state index contributed by atoms with van der Waals surface area (Å²) < 4.78 is 168. The van der Waals surface area contributed by atoms with E-state index in [1.807, 2.05) is 159 Å². The fourth-order valence-electron chi connectivity index (χ4n) is 20.6. The third-order valence-corrected chi connectivity index (χ3v) is 27.9. The summed E-state index contributed by atoms with van der Waals surface area (Å²) in [4.78, 5) is 125. The molecule has 4 aromatic heterocycles. The maximum absolute atomic E-state index is 13.6. The topological polar surface area (TPSA) is 238 Å². The Labute approximate surface area is 836 Å². The van der Waals surface area contributed by atoms with Gasteiger partial charge >= 0.3 is 24.7 Å². The first-order valence-electron chi connectivity index (χ1n) is 49.8. The lowest BCUT2D eigenvalue weighted by Gasteiger charge is -2.29. The van der Waals surface area contributed by atoms with Crippen LogP contribution in [0.1, 0.15) is 228 Å². The van der Waals surface area contributed by atoms with E-state index in [-0.39, 0.29) is 140 Å². The Balaban J connectivity index is 0.000000162. The highest BCUT2D eigenvalue weighted by molar-refractivity contribution is 6.00. The first-order chi connectivity index (χ1) is 69.0. The van der Waals surface area contributed by atoms with E-state index < -0.39 is 71.2 Å². The van der Waals surface area contributed by atoms with E-state index >= 15 is 0 Å². The van der Waals surface area contributed by atoms with Crippen LogP contribution in [-0.2, 0) is 160 Å². The maximum atomic E-state index is 13.6. The van der Waals surface area contributed by atoms with Crippen LogP contribution < -0.4 is 19.6 Å². The minimum absolute atomic E-state index is 0.0164. The first kappa shape index (κ1) is 109. The average molecular weight is 2010 g/mol. The fourth-order valence-corrected chi connectivity index (χ4v) is 20.6. The Morgan fingerprint density at radius 1 is 0.310 bits per heavy atom. The predicted molar refractivity (Wildman–Crippen MR) is 528 cm³/mol. The molecule has 4 amide bonds. The lowest BCUT2D eigenvalue weighted by Crippen LogP contribution is -2.36. The number of halogens is 12. The summed E-state index contributed by atoms with van der Waals surface area (Å²) >= 11 is 0. The van der Waals surface area contributed by atoms with Gasteiger partial charge in [0.2, 0.25) is 23.6 Å². The number of carbonyl (C=O) groups is 9. The number of amides is 4. The number of Topliss-reactive ketones (excluding diaryl/α,β-unsaturated/α-hetero) is 5. The highest BCUT2D eigenvalue weighted by Crippen LogP contribution is 2.43. The number of hydrogen-bond donors (Lipinski definition) is 0. The molecule has 11 aromatic rings. The summed E-state index contributed by atoms with van der Waals surface area (Å²) in [5, 5.41) is 15.2. The number of para-hydroxylation sites is 4. The van der Waals surface area contributed by atoms with Gasteiger partial charge in [0.1, 0.15) is 0 Å². The first-order valence-corrected chi connectivity index (χ1v) is 49.8. The van der Waals surface area contributed by atoms with Crippen LogP contribution in [-0.4, -0.2) is 120 Å². The van der Waals surface area contributed by atoms with Gasteiger partial charge < -0.3 is 19.6 Å². The molecule has 4 atom stereocenters. The second-order valence-corrected chi connectivity index (χ2v) is 38.8. The number of alkyl halides is 12. The van der Waals surface area contributed by atoms with Gasteiger partial charge in [-0.3, -0.25) is 61.9 Å². The van der Waals surface area contributed by atoms with Crippen LogP contribution in [0.15, 0.2) is 194 Å². The zero-order valence-corrected chi connectivity index (χ0v) is 82.8. The Kier molecular flexibility index (Phi) is 36.9. The van der Waals surface area contributed by atoms with Crippen LogP contribution in [0.3, 0.4) is 0 Å². The van der Waals surface area contributed by atoms with Crippen molar-refractivity contribution in [2.45, 2.75) is 258 Å². The summed E-state index contributed by atoms with van der Waals surface area (Å²) in [6.45, 7) is 4.28. The van der Waals surface area contributed by atoms with Gasteiger partial charge in [0.15, 0.2) is 51.7 Å². The fraction of sp³-hybridized carbons (Fsp3) is 0.438. The zero-order chi connectivity index (χ0) is 104. The number of fused-ring (bicyclic) bond motifs is 4. The summed E-state index contributed by atoms with van der Waals surface area (Å²) in [6.07, 6.45) is -2.60. The van der Waals surface area contributed by atoms with E-state index in [2.05, 4.69) is 20.4 Å². The van der Waals surface area contributed by atoms with Gasteiger partial charge in [0, 0.05) is 151 Å². The molecule has 4 unspecified atom stereocenters. The summed E-state index contributed by atoms with van der Waals surface area (Å²) in [5.41, 5.74) is 7.22. The third kappa shape index (κ3) is 29.1. The molecule has 16 rings (SSSR count). The molecule has 5 aliphatic carbocycles. The maximum Gasteiger partial charge on any atom is 0.435 e.